The number of aliphatic carboxylic acids is 1. The third-order valence-corrected chi connectivity index (χ3v) is 3.72. The Hall–Kier alpha value is -1.10. The fourth-order valence-electron chi connectivity index (χ4n) is 2.17. The van der Waals surface area contributed by atoms with Crippen molar-refractivity contribution in [3.63, 3.8) is 0 Å². The first-order chi connectivity index (χ1) is 8.08. The molecule has 104 valence electrons. The van der Waals surface area contributed by atoms with Crippen LogP contribution in [0.5, 0.6) is 0 Å². The molecular formula is C13H24N2O3. The Balaban J connectivity index is 2.79. The lowest BCUT2D eigenvalue weighted by Gasteiger charge is -2.40. The van der Waals surface area contributed by atoms with Crippen molar-refractivity contribution in [2.45, 2.75) is 46.6 Å². The summed E-state index contributed by atoms with van der Waals surface area (Å²) in [4.78, 5) is 25.1. The van der Waals surface area contributed by atoms with Gasteiger partial charge in [-0.25, -0.2) is 0 Å². The second-order valence-electron chi connectivity index (χ2n) is 6.57. The first-order valence-corrected chi connectivity index (χ1v) is 6.36. The Labute approximate surface area is 108 Å². The molecule has 0 radical (unpaired) electrons. The number of hydrogen-bond donors (Lipinski definition) is 2. The number of rotatable bonds is 2. The van der Waals surface area contributed by atoms with Crippen LogP contribution in [0.15, 0.2) is 0 Å². The summed E-state index contributed by atoms with van der Waals surface area (Å²) in [5.74, 6) is -0.987. The topological polar surface area (TPSA) is 83.6 Å². The number of carboxylic acid groups (broad SMARTS) is 1. The van der Waals surface area contributed by atoms with Gasteiger partial charge in [0.2, 0.25) is 5.91 Å². The average molecular weight is 256 g/mol. The van der Waals surface area contributed by atoms with Crippen LogP contribution in [0.2, 0.25) is 0 Å². The van der Waals surface area contributed by atoms with E-state index >= 15 is 0 Å². The van der Waals surface area contributed by atoms with Gasteiger partial charge in [0.25, 0.3) is 0 Å². The molecule has 3 N–H and O–H groups in total. The number of nitrogens with zero attached hydrogens (tertiary/aromatic N) is 1. The van der Waals surface area contributed by atoms with E-state index in [4.69, 9.17) is 5.73 Å². The summed E-state index contributed by atoms with van der Waals surface area (Å²) in [7, 11) is 0. The molecule has 0 aromatic rings. The molecule has 0 spiro atoms. The number of nitrogens with two attached hydrogens (primary N) is 1. The molecule has 1 aliphatic rings. The molecule has 1 rings (SSSR count). The maximum atomic E-state index is 12.3. The molecule has 5 heteroatoms. The molecule has 1 heterocycles. The van der Waals surface area contributed by atoms with Crippen LogP contribution in [-0.4, -0.2) is 41.0 Å². The van der Waals surface area contributed by atoms with Crippen molar-refractivity contribution in [3.05, 3.63) is 0 Å². The van der Waals surface area contributed by atoms with E-state index in [0.717, 1.165) is 0 Å². The highest BCUT2D eigenvalue weighted by Gasteiger charge is 2.41. The number of carbonyl (C=O) groups is 2. The Morgan fingerprint density at radius 3 is 2.39 bits per heavy atom. The fraction of sp³-hybridized carbons (Fsp3) is 0.846. The molecule has 2 atom stereocenters. The Kier molecular flexibility index (Phi) is 4.05. The highest BCUT2D eigenvalue weighted by atomic mass is 16.4. The Morgan fingerprint density at radius 1 is 1.39 bits per heavy atom. The van der Waals surface area contributed by atoms with Crippen LogP contribution in [0.1, 0.15) is 40.5 Å². The highest BCUT2D eigenvalue weighted by molar-refractivity contribution is 5.84. The minimum atomic E-state index is -0.843. The lowest BCUT2D eigenvalue weighted by atomic mass is 9.80. The number of carboxylic acids is 1. The summed E-state index contributed by atoms with van der Waals surface area (Å²) in [6, 6.07) is -0.589. The van der Waals surface area contributed by atoms with Gasteiger partial charge >= 0.3 is 5.97 Å². The van der Waals surface area contributed by atoms with Gasteiger partial charge in [-0.15, -0.1) is 0 Å². The maximum absolute atomic E-state index is 12.3. The molecule has 1 saturated heterocycles. The van der Waals surface area contributed by atoms with E-state index in [1.165, 1.54) is 0 Å². The zero-order valence-corrected chi connectivity index (χ0v) is 11.7. The van der Waals surface area contributed by atoms with Crippen LogP contribution in [0, 0.1) is 10.8 Å². The lowest BCUT2D eigenvalue weighted by molar-refractivity contribution is -0.154. The van der Waals surface area contributed by atoms with Crippen molar-refractivity contribution in [3.8, 4) is 0 Å². The van der Waals surface area contributed by atoms with Crippen LogP contribution in [0.3, 0.4) is 0 Å². The van der Waals surface area contributed by atoms with Crippen molar-refractivity contribution in [1.29, 1.82) is 0 Å². The summed E-state index contributed by atoms with van der Waals surface area (Å²) in [5.41, 5.74) is 4.80. The molecule has 0 aromatic carbocycles. The highest BCUT2D eigenvalue weighted by Crippen LogP contribution is 2.31. The Bertz CT molecular complexity index is 349. The molecule has 0 aliphatic carbocycles. The van der Waals surface area contributed by atoms with Crippen LogP contribution < -0.4 is 5.73 Å². The van der Waals surface area contributed by atoms with Crippen molar-refractivity contribution in [2.24, 2.45) is 16.6 Å². The normalized spacial score (nSPS) is 26.8. The van der Waals surface area contributed by atoms with Gasteiger partial charge in [0, 0.05) is 13.1 Å². The van der Waals surface area contributed by atoms with E-state index in [2.05, 4.69) is 0 Å². The van der Waals surface area contributed by atoms with E-state index in [9.17, 15) is 14.7 Å². The molecule has 18 heavy (non-hydrogen) atoms. The maximum Gasteiger partial charge on any atom is 0.311 e. The third kappa shape index (κ3) is 3.02. The van der Waals surface area contributed by atoms with Crippen molar-refractivity contribution >= 4 is 11.9 Å². The van der Waals surface area contributed by atoms with Gasteiger partial charge < -0.3 is 15.7 Å². The van der Waals surface area contributed by atoms with Crippen molar-refractivity contribution in [2.75, 3.05) is 13.1 Å². The summed E-state index contributed by atoms with van der Waals surface area (Å²) < 4.78 is 0. The van der Waals surface area contributed by atoms with Crippen molar-refractivity contribution < 1.29 is 14.7 Å². The molecule has 2 unspecified atom stereocenters. The first kappa shape index (κ1) is 15.0. The smallest absolute Gasteiger partial charge is 0.311 e. The Morgan fingerprint density at radius 2 is 1.94 bits per heavy atom. The fourth-order valence-corrected chi connectivity index (χ4v) is 2.17. The number of piperidine rings is 1. The second-order valence-corrected chi connectivity index (χ2v) is 6.57. The monoisotopic (exact) mass is 256 g/mol. The molecule has 0 saturated carbocycles. The van der Waals surface area contributed by atoms with Gasteiger partial charge in [0.1, 0.15) is 0 Å². The molecule has 1 fully saturated rings. The number of carbonyl (C=O) groups excluding carboxylic acids is 1. The molecule has 1 amide bonds. The van der Waals surface area contributed by atoms with Crippen LogP contribution in [-0.2, 0) is 9.59 Å². The van der Waals surface area contributed by atoms with Gasteiger partial charge in [-0.05, 0) is 25.2 Å². The number of hydrogen-bond acceptors (Lipinski definition) is 3. The average Bonchev–Trinajstić information content (AvgIpc) is 2.25. The van der Waals surface area contributed by atoms with E-state index in [1.54, 1.807) is 11.8 Å². The van der Waals surface area contributed by atoms with E-state index in [0.29, 0.717) is 19.4 Å². The molecular weight excluding hydrogens is 232 g/mol. The van der Waals surface area contributed by atoms with Gasteiger partial charge in [0.15, 0.2) is 0 Å². The van der Waals surface area contributed by atoms with Crippen LogP contribution in [0.4, 0.5) is 0 Å². The predicted octanol–water partition coefficient (Wildman–Crippen LogP) is 1.07. The third-order valence-electron chi connectivity index (χ3n) is 3.72. The number of amides is 1. The summed E-state index contributed by atoms with van der Waals surface area (Å²) in [5, 5.41) is 9.23. The van der Waals surface area contributed by atoms with Gasteiger partial charge in [-0.2, -0.15) is 0 Å². The van der Waals surface area contributed by atoms with Crippen LogP contribution >= 0.6 is 0 Å². The zero-order chi connectivity index (χ0) is 14.1. The van der Waals surface area contributed by atoms with E-state index in [1.807, 2.05) is 20.8 Å². The summed E-state index contributed by atoms with van der Waals surface area (Å²) in [6.07, 6.45) is 1.32. The SMILES string of the molecule is CC1(C(=O)O)CCCN(C(=O)C(N)C(C)(C)C)C1. The molecule has 1 aliphatic heterocycles. The molecule has 5 nitrogen and oxygen atoms in total. The van der Waals surface area contributed by atoms with E-state index < -0.39 is 17.4 Å². The molecule has 0 aromatic heterocycles. The zero-order valence-electron chi connectivity index (χ0n) is 11.7. The summed E-state index contributed by atoms with van der Waals surface area (Å²) in [6.45, 7) is 8.29. The van der Waals surface area contributed by atoms with Gasteiger partial charge in [0.05, 0.1) is 11.5 Å². The molecule has 0 bridgehead atoms. The standard InChI is InChI=1S/C13H24N2O3/c1-12(2,3)9(14)10(16)15-7-5-6-13(4,8-15)11(17)18/h9H,5-8,14H2,1-4H3,(H,17,18). The van der Waals surface area contributed by atoms with E-state index in [-0.39, 0.29) is 17.9 Å². The number of likely N-dealkylation sites (tertiary alicyclic amines) is 1. The summed E-state index contributed by atoms with van der Waals surface area (Å²) >= 11 is 0. The second kappa shape index (κ2) is 4.88. The minimum Gasteiger partial charge on any atom is -0.481 e. The van der Waals surface area contributed by atoms with Crippen molar-refractivity contribution in [1.82, 2.24) is 4.90 Å². The predicted molar refractivity (Wildman–Crippen MR) is 69.0 cm³/mol. The van der Waals surface area contributed by atoms with Crippen LogP contribution in [0.25, 0.3) is 0 Å². The largest absolute Gasteiger partial charge is 0.481 e. The van der Waals surface area contributed by atoms with Gasteiger partial charge in [-0.3, -0.25) is 9.59 Å². The first-order valence-electron chi connectivity index (χ1n) is 6.36. The lowest BCUT2D eigenvalue weighted by Crippen LogP contribution is -2.55. The van der Waals surface area contributed by atoms with Gasteiger partial charge in [-0.1, -0.05) is 20.8 Å². The minimum absolute atomic E-state index is 0.144. The quantitative estimate of drug-likeness (QED) is 0.774.